The van der Waals surface area contributed by atoms with Gasteiger partial charge >= 0.3 is 0 Å². The molecule has 2 aromatic heterocycles. The van der Waals surface area contributed by atoms with Crippen molar-refractivity contribution in [3.63, 3.8) is 0 Å². The number of halogens is 1. The van der Waals surface area contributed by atoms with Gasteiger partial charge in [0.05, 0.1) is 28.8 Å². The molecule has 4 aromatic rings. The third-order valence-corrected chi connectivity index (χ3v) is 5.79. The van der Waals surface area contributed by atoms with Gasteiger partial charge in [0.1, 0.15) is 11.3 Å². The molecule has 1 amide bonds. The summed E-state index contributed by atoms with van der Waals surface area (Å²) in [6.45, 7) is 0.132. The number of benzene rings is 2. The number of nitrogens with zero attached hydrogens (tertiary/aromatic N) is 4. The third-order valence-electron chi connectivity index (χ3n) is 4.51. The zero-order valence-corrected chi connectivity index (χ0v) is 17.8. The number of thiazole rings is 1. The maximum atomic E-state index is 13.5. The van der Waals surface area contributed by atoms with E-state index in [9.17, 15) is 14.9 Å². The van der Waals surface area contributed by atoms with E-state index in [0.717, 1.165) is 10.3 Å². The van der Waals surface area contributed by atoms with Crippen molar-refractivity contribution in [2.75, 3.05) is 12.0 Å². The van der Waals surface area contributed by atoms with Gasteiger partial charge in [-0.3, -0.25) is 24.8 Å². The molecule has 0 aliphatic carbocycles. The molecule has 2 aromatic carbocycles. The van der Waals surface area contributed by atoms with E-state index >= 15 is 0 Å². The van der Waals surface area contributed by atoms with Crippen molar-refractivity contribution in [2.24, 2.45) is 0 Å². The first kappa shape index (κ1) is 20.7. The molecule has 31 heavy (non-hydrogen) atoms. The van der Waals surface area contributed by atoms with E-state index in [0.29, 0.717) is 16.4 Å². The van der Waals surface area contributed by atoms with E-state index in [1.54, 1.807) is 37.7 Å². The van der Waals surface area contributed by atoms with Crippen LogP contribution < -0.4 is 9.64 Å². The number of hydrogen-bond acceptors (Lipinski definition) is 7. The summed E-state index contributed by atoms with van der Waals surface area (Å²) >= 11 is 7.33. The highest BCUT2D eigenvalue weighted by atomic mass is 35.5. The summed E-state index contributed by atoms with van der Waals surface area (Å²) in [5.41, 5.74) is 0.995. The van der Waals surface area contributed by atoms with Gasteiger partial charge in [0, 0.05) is 23.5 Å². The maximum absolute atomic E-state index is 13.5. The van der Waals surface area contributed by atoms with Crippen molar-refractivity contribution >= 4 is 49.9 Å². The van der Waals surface area contributed by atoms with Crippen LogP contribution in [0, 0.1) is 10.1 Å². The molecule has 0 radical (unpaired) electrons. The van der Waals surface area contributed by atoms with E-state index < -0.39 is 10.8 Å². The highest BCUT2D eigenvalue weighted by Gasteiger charge is 2.28. The van der Waals surface area contributed by atoms with Gasteiger partial charge in [-0.05, 0) is 42.0 Å². The molecule has 0 atom stereocenters. The normalized spacial score (nSPS) is 10.8. The lowest BCUT2D eigenvalue weighted by molar-refractivity contribution is -0.385. The smallest absolute Gasteiger partial charge is 0.282 e. The van der Waals surface area contributed by atoms with Crippen LogP contribution in [-0.4, -0.2) is 27.9 Å². The maximum Gasteiger partial charge on any atom is 0.282 e. The standard InChI is InChI=1S/C21H15ClN4O4S/c1-30-15-5-6-17-19(10-15)31-21(24-17)25(12-13-3-2-8-23-11-13)20(27)16-9-14(22)4-7-18(16)26(28)29/h2-11H,12H2,1H3. The summed E-state index contributed by atoms with van der Waals surface area (Å²) in [6.07, 6.45) is 3.25. The van der Waals surface area contributed by atoms with Gasteiger partial charge in [0.15, 0.2) is 5.13 Å². The highest BCUT2D eigenvalue weighted by Crippen LogP contribution is 2.34. The number of aromatic nitrogens is 2. The van der Waals surface area contributed by atoms with Gasteiger partial charge in [0.2, 0.25) is 0 Å². The molecule has 8 nitrogen and oxygen atoms in total. The number of methoxy groups -OCH3 is 1. The second-order valence-corrected chi connectivity index (χ2v) is 7.95. The Morgan fingerprint density at radius 1 is 1.26 bits per heavy atom. The van der Waals surface area contributed by atoms with Crippen molar-refractivity contribution in [3.05, 3.63) is 87.2 Å². The topological polar surface area (TPSA) is 98.5 Å². The lowest BCUT2D eigenvalue weighted by atomic mass is 10.1. The highest BCUT2D eigenvalue weighted by molar-refractivity contribution is 7.22. The molecule has 156 valence electrons. The van der Waals surface area contributed by atoms with E-state index in [4.69, 9.17) is 16.3 Å². The van der Waals surface area contributed by atoms with Crippen molar-refractivity contribution in [1.82, 2.24) is 9.97 Å². The van der Waals surface area contributed by atoms with E-state index in [-0.39, 0.29) is 22.8 Å². The zero-order chi connectivity index (χ0) is 22.0. The quantitative estimate of drug-likeness (QED) is 0.296. The van der Waals surface area contributed by atoms with Crippen LogP contribution >= 0.6 is 22.9 Å². The van der Waals surface area contributed by atoms with Crippen LogP contribution in [0.2, 0.25) is 5.02 Å². The van der Waals surface area contributed by atoms with Crippen molar-refractivity contribution < 1.29 is 14.5 Å². The molecule has 2 heterocycles. The van der Waals surface area contributed by atoms with Gasteiger partial charge in [-0.2, -0.15) is 0 Å². The van der Waals surface area contributed by atoms with Crippen molar-refractivity contribution in [1.29, 1.82) is 0 Å². The number of nitro benzene ring substituents is 1. The lowest BCUT2D eigenvalue weighted by Gasteiger charge is -2.20. The number of carbonyl (C=O) groups is 1. The van der Waals surface area contributed by atoms with Crippen LogP contribution in [0.4, 0.5) is 10.8 Å². The minimum atomic E-state index is -0.602. The SMILES string of the molecule is COc1ccc2nc(N(Cc3cccnc3)C(=O)c3cc(Cl)ccc3[N+](=O)[O-])sc2c1. The summed E-state index contributed by atoms with van der Waals surface area (Å²) in [7, 11) is 1.57. The molecule has 10 heteroatoms. The molecule has 0 spiro atoms. The molecule has 0 aliphatic heterocycles. The summed E-state index contributed by atoms with van der Waals surface area (Å²) in [5, 5.41) is 12.1. The summed E-state index contributed by atoms with van der Waals surface area (Å²) < 4.78 is 6.08. The van der Waals surface area contributed by atoms with Crippen LogP contribution in [0.3, 0.4) is 0 Å². The molecule has 0 saturated carbocycles. The average Bonchev–Trinajstić information content (AvgIpc) is 3.20. The number of ether oxygens (including phenoxy) is 1. The number of carbonyl (C=O) groups excluding carboxylic acids is 1. The van der Waals surface area contributed by atoms with Crippen LogP contribution in [-0.2, 0) is 6.54 Å². The number of rotatable bonds is 6. The lowest BCUT2D eigenvalue weighted by Crippen LogP contribution is -2.31. The molecule has 4 rings (SSSR count). The summed E-state index contributed by atoms with van der Waals surface area (Å²) in [5.74, 6) is 0.0855. The van der Waals surface area contributed by atoms with Crippen LogP contribution in [0.1, 0.15) is 15.9 Å². The Kier molecular flexibility index (Phi) is 5.79. The predicted molar refractivity (Wildman–Crippen MR) is 119 cm³/mol. The third kappa shape index (κ3) is 4.32. The molecule has 0 bridgehead atoms. The number of hydrogen-bond donors (Lipinski definition) is 0. The van der Waals surface area contributed by atoms with Crippen LogP contribution in [0.5, 0.6) is 5.75 Å². The molecule has 0 unspecified atom stereocenters. The van der Waals surface area contributed by atoms with Crippen molar-refractivity contribution in [3.8, 4) is 5.75 Å². The van der Waals surface area contributed by atoms with Gasteiger partial charge in [0.25, 0.3) is 11.6 Å². The molecular weight excluding hydrogens is 440 g/mol. The Morgan fingerprint density at radius 3 is 2.81 bits per heavy atom. The monoisotopic (exact) mass is 454 g/mol. The first-order valence-corrected chi connectivity index (χ1v) is 10.2. The Hall–Kier alpha value is -3.56. The van der Waals surface area contributed by atoms with Crippen molar-refractivity contribution in [2.45, 2.75) is 6.54 Å². The molecular formula is C21H15ClN4O4S. The Morgan fingerprint density at radius 2 is 2.10 bits per heavy atom. The predicted octanol–water partition coefficient (Wildman–Crippen LogP) is 5.11. The number of pyridine rings is 1. The number of anilines is 1. The minimum Gasteiger partial charge on any atom is -0.497 e. The summed E-state index contributed by atoms with van der Waals surface area (Å²) in [6, 6.07) is 12.9. The van der Waals surface area contributed by atoms with Crippen LogP contribution in [0.25, 0.3) is 10.2 Å². The summed E-state index contributed by atoms with van der Waals surface area (Å²) in [4.78, 5) is 34.5. The fourth-order valence-electron chi connectivity index (χ4n) is 3.02. The Labute approximate surface area is 185 Å². The number of fused-ring (bicyclic) bond motifs is 1. The fraction of sp³-hybridized carbons (Fsp3) is 0.0952. The molecule has 0 fully saturated rings. The second kappa shape index (κ2) is 8.66. The largest absolute Gasteiger partial charge is 0.497 e. The van der Waals surface area contributed by atoms with Gasteiger partial charge in [-0.25, -0.2) is 4.98 Å². The number of amides is 1. The minimum absolute atomic E-state index is 0.113. The average molecular weight is 455 g/mol. The fourth-order valence-corrected chi connectivity index (χ4v) is 4.18. The first-order chi connectivity index (χ1) is 15.0. The van der Waals surface area contributed by atoms with E-state index in [1.165, 1.54) is 34.4 Å². The number of nitro groups is 1. The van der Waals surface area contributed by atoms with Gasteiger partial charge < -0.3 is 4.74 Å². The second-order valence-electron chi connectivity index (χ2n) is 6.50. The first-order valence-electron chi connectivity index (χ1n) is 9.05. The van der Waals surface area contributed by atoms with Crippen LogP contribution in [0.15, 0.2) is 60.9 Å². The molecule has 0 aliphatic rings. The van der Waals surface area contributed by atoms with E-state index in [2.05, 4.69) is 9.97 Å². The molecule has 0 saturated heterocycles. The Balaban J connectivity index is 1.83. The Bertz CT molecular complexity index is 1280. The van der Waals surface area contributed by atoms with Gasteiger partial charge in [-0.15, -0.1) is 0 Å². The van der Waals surface area contributed by atoms with Gasteiger partial charge in [-0.1, -0.05) is 29.0 Å². The molecule has 0 N–H and O–H groups in total. The zero-order valence-electron chi connectivity index (χ0n) is 16.2. The van der Waals surface area contributed by atoms with E-state index in [1.807, 2.05) is 12.1 Å².